The predicted octanol–water partition coefficient (Wildman–Crippen LogP) is 10.0. The topological polar surface area (TPSA) is 0 Å². The minimum atomic E-state index is -0.186. The van der Waals surface area contributed by atoms with E-state index in [1.807, 2.05) is 0 Å². The smallest absolute Gasteiger partial charge is 0.0901 e. The van der Waals surface area contributed by atoms with Crippen LogP contribution in [0.1, 0.15) is 0 Å². The van der Waals surface area contributed by atoms with E-state index in [0.29, 0.717) is 0 Å². The van der Waals surface area contributed by atoms with E-state index in [2.05, 4.69) is 170 Å². The van der Waals surface area contributed by atoms with Gasteiger partial charge in [-0.2, -0.15) is 0 Å². The molecule has 0 saturated heterocycles. The van der Waals surface area contributed by atoms with Crippen molar-refractivity contribution in [3.8, 4) is 0 Å². The Balaban J connectivity index is 1.34. The molecule has 6 aromatic rings. The van der Waals surface area contributed by atoms with Crippen molar-refractivity contribution in [2.45, 2.75) is 39.2 Å². The van der Waals surface area contributed by atoms with Crippen LogP contribution in [0.15, 0.2) is 209 Å². The highest BCUT2D eigenvalue weighted by Gasteiger charge is 2.32. The van der Waals surface area contributed by atoms with Gasteiger partial charge in [0.25, 0.3) is 0 Å². The van der Waals surface area contributed by atoms with Gasteiger partial charge in [-0.15, -0.1) is 0 Å². The SMILES string of the molecule is c1ccc(Sc2ccc([S+](c3ccccc3)c3ccc([S+](c4ccccc4)c4ccccc4)cc3)cc2)cc1. The molecule has 1 unspecified atom stereocenters. The van der Waals surface area contributed by atoms with E-state index >= 15 is 0 Å². The third-order valence-corrected chi connectivity index (χ3v) is 11.7. The van der Waals surface area contributed by atoms with Crippen LogP contribution < -0.4 is 0 Å². The predicted molar refractivity (Wildman–Crippen MR) is 167 cm³/mol. The second-order valence-corrected chi connectivity index (χ2v) is 14.1. The first-order valence-corrected chi connectivity index (χ1v) is 16.2. The van der Waals surface area contributed by atoms with Crippen molar-refractivity contribution >= 4 is 33.6 Å². The van der Waals surface area contributed by atoms with Crippen molar-refractivity contribution in [1.82, 2.24) is 0 Å². The Labute approximate surface area is 241 Å². The normalized spacial score (nSPS) is 11.8. The second kappa shape index (κ2) is 12.5. The van der Waals surface area contributed by atoms with Gasteiger partial charge >= 0.3 is 0 Å². The molecule has 0 N–H and O–H groups in total. The van der Waals surface area contributed by atoms with E-state index in [1.165, 1.54) is 39.2 Å². The first-order chi connectivity index (χ1) is 19.3. The molecule has 0 saturated carbocycles. The Morgan fingerprint density at radius 3 is 0.872 bits per heavy atom. The van der Waals surface area contributed by atoms with E-state index in [4.69, 9.17) is 0 Å². The fraction of sp³-hybridized carbons (Fsp3) is 0. The molecule has 188 valence electrons. The molecule has 0 radical (unpaired) electrons. The van der Waals surface area contributed by atoms with E-state index in [1.54, 1.807) is 11.8 Å². The van der Waals surface area contributed by atoms with Gasteiger partial charge in [-0.3, -0.25) is 0 Å². The molecule has 6 rings (SSSR count). The molecule has 0 aliphatic carbocycles. The van der Waals surface area contributed by atoms with Gasteiger partial charge in [0.05, 0.1) is 21.8 Å². The Morgan fingerprint density at radius 2 is 0.513 bits per heavy atom. The first kappa shape index (κ1) is 25.6. The molecule has 39 heavy (non-hydrogen) atoms. The van der Waals surface area contributed by atoms with Crippen molar-refractivity contribution < 1.29 is 0 Å². The van der Waals surface area contributed by atoms with E-state index in [9.17, 15) is 0 Å². The minimum absolute atomic E-state index is 0.147. The molecule has 0 aliphatic rings. The lowest BCUT2D eigenvalue weighted by Crippen LogP contribution is -2.07. The van der Waals surface area contributed by atoms with Crippen LogP contribution in [0.2, 0.25) is 0 Å². The number of hydrogen-bond donors (Lipinski definition) is 0. The summed E-state index contributed by atoms with van der Waals surface area (Å²) in [5.41, 5.74) is 0. The lowest BCUT2D eigenvalue weighted by atomic mass is 10.3. The van der Waals surface area contributed by atoms with Gasteiger partial charge < -0.3 is 0 Å². The highest BCUT2D eigenvalue weighted by molar-refractivity contribution is 7.99. The molecule has 0 heterocycles. The molecule has 0 spiro atoms. The number of benzene rings is 6. The molecule has 0 fully saturated rings. The largest absolute Gasteiger partial charge is 0.166 e. The lowest BCUT2D eigenvalue weighted by molar-refractivity contribution is 1.25. The molecule has 0 aromatic heterocycles. The third-order valence-electron chi connectivity index (χ3n) is 6.27. The zero-order valence-electron chi connectivity index (χ0n) is 21.4. The summed E-state index contributed by atoms with van der Waals surface area (Å²) in [6.07, 6.45) is 0. The van der Waals surface area contributed by atoms with Gasteiger partial charge in [0.1, 0.15) is 0 Å². The summed E-state index contributed by atoms with van der Waals surface area (Å²) in [6.45, 7) is 0. The summed E-state index contributed by atoms with van der Waals surface area (Å²) in [6, 6.07) is 61.6. The van der Waals surface area contributed by atoms with Gasteiger partial charge in [0.2, 0.25) is 0 Å². The Hall–Kier alpha value is -3.63. The molecule has 1 atom stereocenters. The van der Waals surface area contributed by atoms with Crippen LogP contribution in [-0.4, -0.2) is 0 Å². The maximum absolute atomic E-state index is 2.34. The second-order valence-electron chi connectivity index (χ2n) is 8.91. The summed E-state index contributed by atoms with van der Waals surface area (Å²) in [4.78, 5) is 10.5. The quantitative estimate of drug-likeness (QED) is 0.168. The molecule has 0 amide bonds. The van der Waals surface area contributed by atoms with E-state index in [-0.39, 0.29) is 21.8 Å². The van der Waals surface area contributed by atoms with Gasteiger partial charge in [-0.1, -0.05) is 84.6 Å². The van der Waals surface area contributed by atoms with Crippen molar-refractivity contribution in [3.05, 3.63) is 170 Å². The molecule has 6 aromatic carbocycles. The highest BCUT2D eigenvalue weighted by Crippen LogP contribution is 2.36. The Kier molecular flexibility index (Phi) is 8.21. The highest BCUT2D eigenvalue weighted by atomic mass is 32.2. The van der Waals surface area contributed by atoms with Crippen molar-refractivity contribution in [3.63, 3.8) is 0 Å². The van der Waals surface area contributed by atoms with E-state index < -0.39 is 0 Å². The zero-order chi connectivity index (χ0) is 26.3. The van der Waals surface area contributed by atoms with Crippen LogP contribution in [0.25, 0.3) is 0 Å². The van der Waals surface area contributed by atoms with Gasteiger partial charge in [-0.25, -0.2) is 0 Å². The van der Waals surface area contributed by atoms with Crippen LogP contribution in [0, 0.1) is 0 Å². The number of hydrogen-bond acceptors (Lipinski definition) is 1. The number of rotatable bonds is 8. The van der Waals surface area contributed by atoms with Crippen molar-refractivity contribution in [2.24, 2.45) is 0 Å². The Bertz CT molecular complexity index is 1540. The average Bonchev–Trinajstić information content (AvgIpc) is 3.01. The van der Waals surface area contributed by atoms with Gasteiger partial charge in [0.15, 0.2) is 29.4 Å². The van der Waals surface area contributed by atoms with Crippen LogP contribution in [0.5, 0.6) is 0 Å². The summed E-state index contributed by atoms with van der Waals surface area (Å²) >= 11 is 1.80. The van der Waals surface area contributed by atoms with Crippen LogP contribution >= 0.6 is 11.8 Å². The van der Waals surface area contributed by atoms with Gasteiger partial charge in [0, 0.05) is 9.79 Å². The Morgan fingerprint density at radius 1 is 0.256 bits per heavy atom. The third kappa shape index (κ3) is 6.17. The molecule has 0 nitrogen and oxygen atoms in total. The maximum atomic E-state index is 2.34. The van der Waals surface area contributed by atoms with Crippen LogP contribution in [0.4, 0.5) is 0 Å². The summed E-state index contributed by atoms with van der Waals surface area (Å²) in [5.74, 6) is 0. The van der Waals surface area contributed by atoms with Crippen LogP contribution in [0.3, 0.4) is 0 Å². The average molecular weight is 557 g/mol. The minimum Gasteiger partial charge on any atom is -0.0901 e. The molecule has 0 bridgehead atoms. The lowest BCUT2D eigenvalue weighted by Gasteiger charge is -2.11. The first-order valence-electron chi connectivity index (χ1n) is 12.9. The maximum Gasteiger partial charge on any atom is 0.166 e. The fourth-order valence-corrected chi connectivity index (χ4v) is 9.45. The van der Waals surface area contributed by atoms with Crippen molar-refractivity contribution in [2.75, 3.05) is 0 Å². The van der Waals surface area contributed by atoms with E-state index in [0.717, 1.165) is 0 Å². The summed E-state index contributed by atoms with van der Waals surface area (Å²) in [7, 11) is -0.333. The summed E-state index contributed by atoms with van der Waals surface area (Å²) in [5, 5.41) is 0. The molecular formula is C36H28S3+2. The molecule has 3 heteroatoms. The molecular weight excluding hydrogens is 529 g/mol. The van der Waals surface area contributed by atoms with Crippen molar-refractivity contribution in [1.29, 1.82) is 0 Å². The van der Waals surface area contributed by atoms with Crippen LogP contribution in [-0.2, 0) is 21.8 Å². The van der Waals surface area contributed by atoms with Gasteiger partial charge in [-0.05, 0) is 97.1 Å². The zero-order valence-corrected chi connectivity index (χ0v) is 23.8. The molecule has 0 aliphatic heterocycles. The monoisotopic (exact) mass is 556 g/mol. The summed E-state index contributed by atoms with van der Waals surface area (Å²) < 4.78 is 0. The standard InChI is InChI=1S/C36H28S3/c1-5-13-29(14-6-1)37-30-21-23-34(24-22-30)39(33-19-11-4-12-20-33)36-27-25-35(26-28-36)38(31-15-7-2-8-16-31)32-17-9-3-10-18-32/h1-28H/q+2. The fourth-order valence-electron chi connectivity index (χ4n) is 4.47.